The molecule has 1 amide bonds. The highest BCUT2D eigenvalue weighted by Crippen LogP contribution is 2.33. The second-order valence-corrected chi connectivity index (χ2v) is 5.75. The molecule has 0 bridgehead atoms. The van der Waals surface area contributed by atoms with E-state index in [1.807, 2.05) is 25.1 Å². The Hall–Kier alpha value is -0.870. The molecule has 1 aromatic rings. The molecule has 1 fully saturated rings. The van der Waals surface area contributed by atoms with Crippen LogP contribution >= 0.6 is 15.9 Å². The van der Waals surface area contributed by atoms with E-state index >= 15 is 0 Å². The molecule has 1 aromatic carbocycles. The number of hydrogen-bond acceptors (Lipinski definition) is 2. The van der Waals surface area contributed by atoms with Crippen molar-refractivity contribution >= 4 is 27.5 Å². The van der Waals surface area contributed by atoms with E-state index in [2.05, 4.69) is 21.2 Å². The smallest absolute Gasteiger partial charge is 0.227 e. The fourth-order valence-corrected chi connectivity index (χ4v) is 3.00. The van der Waals surface area contributed by atoms with Crippen LogP contribution in [0.5, 0.6) is 0 Å². The van der Waals surface area contributed by atoms with Gasteiger partial charge >= 0.3 is 0 Å². The molecule has 4 heteroatoms. The lowest BCUT2D eigenvalue weighted by molar-refractivity contribution is -0.120. The fraction of sp³-hybridized carbons (Fsp3) is 0.500. The third-order valence-electron chi connectivity index (χ3n) is 3.75. The summed E-state index contributed by atoms with van der Waals surface area (Å²) in [5.74, 6) is 0.519. The number of hydrogen-bond donors (Lipinski definition) is 2. The minimum Gasteiger partial charge on any atom is -0.330 e. The Labute approximate surface area is 116 Å². The highest BCUT2D eigenvalue weighted by Gasteiger charge is 2.32. The van der Waals surface area contributed by atoms with Gasteiger partial charge in [-0.1, -0.05) is 18.6 Å². The molecule has 2 unspecified atom stereocenters. The number of amides is 1. The predicted octanol–water partition coefficient (Wildman–Crippen LogP) is 3.07. The molecular weight excluding hydrogens is 292 g/mol. The monoisotopic (exact) mass is 310 g/mol. The Bertz CT molecular complexity index is 447. The standard InChI is InChI=1S/C14H19BrN2O/c1-9-4-2-7-12(13(9)15)17-14(18)11-6-3-5-10(11)8-16/h2,4,7,10-11H,3,5-6,8,16H2,1H3,(H,17,18). The van der Waals surface area contributed by atoms with E-state index in [1.54, 1.807) is 0 Å². The van der Waals surface area contributed by atoms with E-state index in [0.29, 0.717) is 12.5 Å². The van der Waals surface area contributed by atoms with E-state index in [-0.39, 0.29) is 11.8 Å². The SMILES string of the molecule is Cc1cccc(NC(=O)C2CCCC2CN)c1Br. The Morgan fingerprint density at radius 3 is 3.00 bits per heavy atom. The van der Waals surface area contributed by atoms with Crippen LogP contribution in [0.4, 0.5) is 5.69 Å². The second-order valence-electron chi connectivity index (χ2n) is 4.96. The van der Waals surface area contributed by atoms with Crippen LogP contribution in [0.3, 0.4) is 0 Å². The molecule has 0 heterocycles. The van der Waals surface area contributed by atoms with Gasteiger partial charge < -0.3 is 11.1 Å². The largest absolute Gasteiger partial charge is 0.330 e. The zero-order chi connectivity index (χ0) is 13.1. The van der Waals surface area contributed by atoms with E-state index in [0.717, 1.165) is 35.0 Å². The van der Waals surface area contributed by atoms with Crippen molar-refractivity contribution in [3.8, 4) is 0 Å². The summed E-state index contributed by atoms with van der Waals surface area (Å²) in [5, 5.41) is 3.02. The van der Waals surface area contributed by atoms with Crippen molar-refractivity contribution in [2.24, 2.45) is 17.6 Å². The van der Waals surface area contributed by atoms with E-state index in [4.69, 9.17) is 5.73 Å². The number of halogens is 1. The van der Waals surface area contributed by atoms with Crippen LogP contribution in [-0.4, -0.2) is 12.5 Å². The Morgan fingerprint density at radius 2 is 2.28 bits per heavy atom. The molecule has 98 valence electrons. The van der Waals surface area contributed by atoms with Crippen LogP contribution in [0, 0.1) is 18.8 Å². The number of benzene rings is 1. The fourth-order valence-electron chi connectivity index (χ4n) is 2.63. The first kappa shape index (κ1) is 13.6. The van der Waals surface area contributed by atoms with Gasteiger partial charge in [0.05, 0.1) is 5.69 Å². The van der Waals surface area contributed by atoms with Crippen molar-refractivity contribution in [3.63, 3.8) is 0 Å². The van der Waals surface area contributed by atoms with Crippen molar-refractivity contribution in [3.05, 3.63) is 28.2 Å². The maximum absolute atomic E-state index is 12.3. The molecule has 18 heavy (non-hydrogen) atoms. The summed E-state index contributed by atoms with van der Waals surface area (Å²) in [6.07, 6.45) is 3.13. The first-order valence-electron chi connectivity index (χ1n) is 6.39. The van der Waals surface area contributed by atoms with Gasteiger partial charge in [-0.15, -0.1) is 0 Å². The molecule has 2 atom stereocenters. The van der Waals surface area contributed by atoms with E-state index < -0.39 is 0 Å². The van der Waals surface area contributed by atoms with Gasteiger partial charge in [-0.25, -0.2) is 0 Å². The molecule has 0 radical (unpaired) electrons. The van der Waals surface area contributed by atoms with Crippen molar-refractivity contribution in [2.45, 2.75) is 26.2 Å². The molecular formula is C14H19BrN2O. The molecule has 1 aliphatic carbocycles. The number of nitrogens with two attached hydrogens (primary N) is 1. The maximum Gasteiger partial charge on any atom is 0.227 e. The van der Waals surface area contributed by atoms with Gasteiger partial charge in [0.2, 0.25) is 5.91 Å². The number of aryl methyl sites for hydroxylation is 1. The number of anilines is 1. The summed E-state index contributed by atoms with van der Waals surface area (Å²) in [6.45, 7) is 2.62. The maximum atomic E-state index is 12.3. The summed E-state index contributed by atoms with van der Waals surface area (Å²) >= 11 is 3.51. The number of carbonyl (C=O) groups is 1. The molecule has 3 nitrogen and oxygen atoms in total. The first-order chi connectivity index (χ1) is 8.63. The lowest BCUT2D eigenvalue weighted by Gasteiger charge is -2.18. The average molecular weight is 311 g/mol. The highest BCUT2D eigenvalue weighted by atomic mass is 79.9. The van der Waals surface area contributed by atoms with Gasteiger partial charge in [0, 0.05) is 10.4 Å². The number of nitrogens with one attached hydrogen (secondary N) is 1. The highest BCUT2D eigenvalue weighted by molar-refractivity contribution is 9.10. The minimum atomic E-state index is 0.0717. The zero-order valence-electron chi connectivity index (χ0n) is 10.6. The molecule has 0 aliphatic heterocycles. The molecule has 2 rings (SSSR count). The van der Waals surface area contributed by atoms with Gasteiger partial charge in [0.15, 0.2) is 0 Å². The summed E-state index contributed by atoms with van der Waals surface area (Å²) < 4.78 is 0.959. The van der Waals surface area contributed by atoms with Gasteiger partial charge in [-0.2, -0.15) is 0 Å². The lowest BCUT2D eigenvalue weighted by Crippen LogP contribution is -2.29. The van der Waals surface area contributed by atoms with Crippen molar-refractivity contribution in [1.29, 1.82) is 0 Å². The Kier molecular flexibility index (Phi) is 4.40. The zero-order valence-corrected chi connectivity index (χ0v) is 12.2. The van der Waals surface area contributed by atoms with Crippen LogP contribution in [0.2, 0.25) is 0 Å². The topological polar surface area (TPSA) is 55.1 Å². The van der Waals surface area contributed by atoms with Crippen molar-refractivity contribution in [1.82, 2.24) is 0 Å². The minimum absolute atomic E-state index is 0.0717. The predicted molar refractivity (Wildman–Crippen MR) is 77.4 cm³/mol. The van der Waals surface area contributed by atoms with Crippen molar-refractivity contribution in [2.75, 3.05) is 11.9 Å². The van der Waals surface area contributed by atoms with E-state index in [9.17, 15) is 4.79 Å². The third kappa shape index (κ3) is 2.75. The normalized spacial score (nSPS) is 23.1. The van der Waals surface area contributed by atoms with Gasteiger partial charge in [-0.3, -0.25) is 4.79 Å². The molecule has 1 saturated carbocycles. The van der Waals surface area contributed by atoms with Crippen LogP contribution in [0.25, 0.3) is 0 Å². The van der Waals surface area contributed by atoms with Crippen molar-refractivity contribution < 1.29 is 4.79 Å². The Balaban J connectivity index is 2.09. The molecule has 3 N–H and O–H groups in total. The first-order valence-corrected chi connectivity index (χ1v) is 7.19. The summed E-state index contributed by atoms with van der Waals surface area (Å²) in [6, 6.07) is 5.88. The van der Waals surface area contributed by atoms with E-state index in [1.165, 1.54) is 0 Å². The molecule has 0 spiro atoms. The summed E-state index contributed by atoms with van der Waals surface area (Å²) in [5.41, 5.74) is 7.69. The Morgan fingerprint density at radius 1 is 1.50 bits per heavy atom. The van der Waals surface area contributed by atoms with Crippen LogP contribution < -0.4 is 11.1 Å². The van der Waals surface area contributed by atoms with Crippen LogP contribution in [0.15, 0.2) is 22.7 Å². The molecule has 0 aromatic heterocycles. The van der Waals surface area contributed by atoms with Gasteiger partial charge in [0.25, 0.3) is 0 Å². The third-order valence-corrected chi connectivity index (χ3v) is 4.80. The molecule has 0 saturated heterocycles. The van der Waals surface area contributed by atoms with Gasteiger partial charge in [0.1, 0.15) is 0 Å². The number of carbonyl (C=O) groups excluding carboxylic acids is 1. The average Bonchev–Trinajstić information content (AvgIpc) is 2.83. The quantitative estimate of drug-likeness (QED) is 0.901. The van der Waals surface area contributed by atoms with Crippen LogP contribution in [-0.2, 0) is 4.79 Å². The summed E-state index contributed by atoms with van der Waals surface area (Å²) in [4.78, 5) is 12.3. The lowest BCUT2D eigenvalue weighted by atomic mass is 9.95. The second kappa shape index (κ2) is 5.85. The van der Waals surface area contributed by atoms with Crippen LogP contribution in [0.1, 0.15) is 24.8 Å². The summed E-state index contributed by atoms with van der Waals surface area (Å²) in [7, 11) is 0. The number of rotatable bonds is 3. The van der Waals surface area contributed by atoms with Gasteiger partial charge in [-0.05, 0) is 59.8 Å². The molecule has 1 aliphatic rings.